The van der Waals surface area contributed by atoms with E-state index in [0.717, 1.165) is 31.9 Å². The van der Waals surface area contributed by atoms with E-state index in [0.29, 0.717) is 11.7 Å². The van der Waals surface area contributed by atoms with Crippen molar-refractivity contribution in [2.45, 2.75) is 25.8 Å². The molecule has 0 amide bonds. The summed E-state index contributed by atoms with van der Waals surface area (Å²) in [6.45, 7) is 3.45. The van der Waals surface area contributed by atoms with Crippen molar-refractivity contribution in [3.63, 3.8) is 0 Å². The lowest BCUT2D eigenvalue weighted by molar-refractivity contribution is 0.0677. The number of carbonyl (C=O) groups is 1. The van der Waals surface area contributed by atoms with Crippen LogP contribution < -0.4 is 0 Å². The number of rotatable bonds is 4. The summed E-state index contributed by atoms with van der Waals surface area (Å²) in [4.78, 5) is 18.4. The second kappa shape index (κ2) is 6.02. The van der Waals surface area contributed by atoms with Gasteiger partial charge in [-0.25, -0.2) is 4.98 Å². The Kier molecular flexibility index (Phi) is 4.37. The predicted octanol–water partition coefficient (Wildman–Crippen LogP) is 1.80. The Hall–Kier alpha value is -1.62. The lowest BCUT2D eigenvalue weighted by Gasteiger charge is -2.25. The molecule has 0 aliphatic carbocycles. The van der Waals surface area contributed by atoms with Crippen LogP contribution in [0.15, 0.2) is 18.5 Å². The maximum Gasteiger partial charge on any atom is 0.205 e. The molecule has 0 atom stereocenters. The third-order valence-corrected chi connectivity index (χ3v) is 3.31. The fourth-order valence-electron chi connectivity index (χ4n) is 2.34. The van der Waals surface area contributed by atoms with E-state index >= 15 is 0 Å². The van der Waals surface area contributed by atoms with Gasteiger partial charge in [0.2, 0.25) is 5.78 Å². The molecule has 5 heteroatoms. The summed E-state index contributed by atoms with van der Waals surface area (Å²) in [5, 5.41) is 0. The third kappa shape index (κ3) is 3.23. The van der Waals surface area contributed by atoms with Gasteiger partial charge in [-0.3, -0.25) is 4.79 Å². The Labute approximate surface area is 113 Å². The van der Waals surface area contributed by atoms with Gasteiger partial charge in [0.25, 0.3) is 0 Å². The highest BCUT2D eigenvalue weighted by Gasteiger charge is 2.22. The van der Waals surface area contributed by atoms with E-state index in [2.05, 4.69) is 9.55 Å². The number of aromatic nitrogens is 2. The van der Waals surface area contributed by atoms with Crippen LogP contribution in [0, 0.1) is 6.92 Å². The van der Waals surface area contributed by atoms with Gasteiger partial charge in [0.15, 0.2) is 0 Å². The molecule has 1 aliphatic heterocycles. The van der Waals surface area contributed by atoms with Gasteiger partial charge in [-0.15, -0.1) is 0 Å². The molecule has 2 rings (SSSR count). The predicted molar refractivity (Wildman–Crippen MR) is 73.2 cm³/mol. The molecule has 0 N–H and O–H groups in total. The van der Waals surface area contributed by atoms with Crippen LogP contribution in [-0.4, -0.2) is 47.5 Å². The van der Waals surface area contributed by atoms with Gasteiger partial charge < -0.3 is 14.2 Å². The minimum Gasteiger partial charge on any atom is -0.383 e. The van der Waals surface area contributed by atoms with Crippen LogP contribution in [0.25, 0.3) is 0 Å². The second-order valence-corrected chi connectivity index (χ2v) is 5.05. The lowest BCUT2D eigenvalue weighted by Crippen LogP contribution is -2.23. The molecule has 104 valence electrons. The van der Waals surface area contributed by atoms with E-state index in [4.69, 9.17) is 4.74 Å². The van der Waals surface area contributed by atoms with Gasteiger partial charge in [-0.2, -0.15) is 0 Å². The Balaban J connectivity index is 2.23. The summed E-state index contributed by atoms with van der Waals surface area (Å²) in [7, 11) is 3.79. The Morgan fingerprint density at radius 3 is 2.79 bits per heavy atom. The molecular formula is C14H21N3O2. The number of ketones is 1. The minimum atomic E-state index is 0.000733. The monoisotopic (exact) mass is 263 g/mol. The quantitative estimate of drug-likeness (QED) is 0.614. The number of ether oxygens (including phenoxy) is 1. The highest BCUT2D eigenvalue weighted by atomic mass is 16.5. The first kappa shape index (κ1) is 13.8. The molecule has 1 saturated heterocycles. The van der Waals surface area contributed by atoms with Crippen molar-refractivity contribution in [2.75, 3.05) is 27.3 Å². The molecule has 1 fully saturated rings. The van der Waals surface area contributed by atoms with E-state index in [9.17, 15) is 4.79 Å². The summed E-state index contributed by atoms with van der Waals surface area (Å²) in [6, 6.07) is 0.322. The van der Waals surface area contributed by atoms with Crippen molar-refractivity contribution >= 4 is 5.78 Å². The molecule has 0 saturated carbocycles. The highest BCUT2D eigenvalue weighted by molar-refractivity contribution is 6.03. The number of carbonyl (C=O) groups excluding carboxylic acids is 1. The van der Waals surface area contributed by atoms with Crippen LogP contribution in [0.2, 0.25) is 0 Å². The molecule has 19 heavy (non-hydrogen) atoms. The fraction of sp³-hybridized carbons (Fsp3) is 0.571. The summed E-state index contributed by atoms with van der Waals surface area (Å²) in [5.74, 6) is 0.897. The van der Waals surface area contributed by atoms with Gasteiger partial charge in [-0.1, -0.05) is 0 Å². The van der Waals surface area contributed by atoms with Gasteiger partial charge in [0.05, 0.1) is 6.20 Å². The zero-order valence-electron chi connectivity index (χ0n) is 11.8. The van der Waals surface area contributed by atoms with Crippen molar-refractivity contribution < 1.29 is 9.53 Å². The second-order valence-electron chi connectivity index (χ2n) is 5.05. The largest absolute Gasteiger partial charge is 0.383 e. The van der Waals surface area contributed by atoms with Crippen molar-refractivity contribution in [1.29, 1.82) is 0 Å². The maximum absolute atomic E-state index is 12.2. The Morgan fingerprint density at radius 1 is 1.47 bits per heavy atom. The van der Waals surface area contributed by atoms with Gasteiger partial charge >= 0.3 is 0 Å². The molecule has 0 aromatic carbocycles. The first-order valence-corrected chi connectivity index (χ1v) is 6.60. The topological polar surface area (TPSA) is 47.4 Å². The Morgan fingerprint density at radius 2 is 2.16 bits per heavy atom. The summed E-state index contributed by atoms with van der Waals surface area (Å²) < 4.78 is 7.44. The van der Waals surface area contributed by atoms with Crippen molar-refractivity contribution in [3.8, 4) is 0 Å². The highest BCUT2D eigenvalue weighted by Crippen LogP contribution is 2.24. The van der Waals surface area contributed by atoms with E-state index in [1.165, 1.54) is 0 Å². The Bertz CT molecular complexity index is 471. The molecule has 0 spiro atoms. The smallest absolute Gasteiger partial charge is 0.205 e. The molecule has 0 radical (unpaired) electrons. The van der Waals surface area contributed by atoms with E-state index in [1.54, 1.807) is 18.5 Å². The normalized spacial score (nSPS) is 17.0. The SMILES string of the molecule is Cc1ncc(C(=O)C=CN(C)C)n1C1CCOCC1. The number of imidazole rings is 1. The zero-order chi connectivity index (χ0) is 13.8. The third-order valence-electron chi connectivity index (χ3n) is 3.31. The number of aryl methyl sites for hydroxylation is 1. The fourth-order valence-corrected chi connectivity index (χ4v) is 2.34. The van der Waals surface area contributed by atoms with Crippen molar-refractivity contribution in [2.24, 2.45) is 0 Å². The standard InChI is InChI=1S/C14H21N3O2/c1-11-15-10-13(14(18)4-7-16(2)3)17(11)12-5-8-19-9-6-12/h4,7,10,12H,5-6,8-9H2,1-3H3. The zero-order valence-corrected chi connectivity index (χ0v) is 11.8. The van der Waals surface area contributed by atoms with Crippen molar-refractivity contribution in [3.05, 3.63) is 30.0 Å². The number of allylic oxidation sites excluding steroid dienone is 1. The van der Waals surface area contributed by atoms with Crippen LogP contribution in [0.3, 0.4) is 0 Å². The number of hydrogen-bond acceptors (Lipinski definition) is 4. The molecule has 2 heterocycles. The average molecular weight is 263 g/mol. The molecule has 1 aromatic heterocycles. The lowest BCUT2D eigenvalue weighted by atomic mass is 10.1. The van der Waals surface area contributed by atoms with Crippen LogP contribution in [0.4, 0.5) is 0 Å². The van der Waals surface area contributed by atoms with E-state index in [1.807, 2.05) is 25.9 Å². The number of hydrogen-bond donors (Lipinski definition) is 0. The average Bonchev–Trinajstić information content (AvgIpc) is 2.79. The van der Waals surface area contributed by atoms with E-state index in [-0.39, 0.29) is 5.78 Å². The molecule has 1 aliphatic rings. The van der Waals surface area contributed by atoms with Crippen molar-refractivity contribution in [1.82, 2.24) is 14.5 Å². The van der Waals surface area contributed by atoms with Gasteiger partial charge in [0, 0.05) is 45.6 Å². The first-order valence-electron chi connectivity index (χ1n) is 6.60. The van der Waals surface area contributed by atoms with Crippen LogP contribution in [-0.2, 0) is 4.74 Å². The molecular weight excluding hydrogens is 242 g/mol. The summed E-state index contributed by atoms with van der Waals surface area (Å²) in [6.07, 6.45) is 6.90. The number of nitrogens with zero attached hydrogens (tertiary/aromatic N) is 3. The molecule has 5 nitrogen and oxygen atoms in total. The minimum absolute atomic E-state index is 0.000733. The molecule has 1 aromatic rings. The first-order chi connectivity index (χ1) is 9.09. The van der Waals surface area contributed by atoms with Crippen LogP contribution >= 0.6 is 0 Å². The van der Waals surface area contributed by atoms with Crippen LogP contribution in [0.1, 0.15) is 35.2 Å². The molecule has 0 unspecified atom stereocenters. The van der Waals surface area contributed by atoms with Gasteiger partial charge in [0.1, 0.15) is 11.5 Å². The summed E-state index contributed by atoms with van der Waals surface area (Å²) in [5.41, 5.74) is 0.669. The maximum atomic E-state index is 12.2. The van der Waals surface area contributed by atoms with Crippen LogP contribution in [0.5, 0.6) is 0 Å². The molecule has 0 bridgehead atoms. The van der Waals surface area contributed by atoms with Gasteiger partial charge in [-0.05, 0) is 19.8 Å². The van der Waals surface area contributed by atoms with E-state index < -0.39 is 0 Å². The summed E-state index contributed by atoms with van der Waals surface area (Å²) >= 11 is 0.